The lowest BCUT2D eigenvalue weighted by Gasteiger charge is -2.38. The van der Waals surface area contributed by atoms with Crippen molar-refractivity contribution >= 4 is 11.1 Å². The maximum Gasteiger partial charge on any atom is 0.227 e. The fourth-order valence-electron chi connectivity index (χ4n) is 9.82. The van der Waals surface area contributed by atoms with E-state index in [2.05, 4.69) is 57.2 Å². The predicted molar refractivity (Wildman–Crippen MR) is 188 cm³/mol. The van der Waals surface area contributed by atoms with Gasteiger partial charge in [0.05, 0.1) is 12.2 Å². The van der Waals surface area contributed by atoms with Gasteiger partial charge in [-0.3, -0.25) is 0 Å². The number of oxazole rings is 1. The Morgan fingerprint density at radius 2 is 1.00 bits per heavy atom. The molecule has 1 aromatic heterocycles. The largest absolute Gasteiger partial charge is 0.488 e. The molecule has 4 fully saturated rings. The first-order chi connectivity index (χ1) is 22.6. The van der Waals surface area contributed by atoms with Crippen LogP contribution in [-0.4, -0.2) is 17.2 Å². The topological polar surface area (TPSA) is 44.5 Å². The molecule has 0 bridgehead atoms. The second kappa shape index (κ2) is 14.7. The molecule has 0 spiro atoms. The van der Waals surface area contributed by atoms with Crippen molar-refractivity contribution in [3.05, 3.63) is 42.0 Å². The van der Waals surface area contributed by atoms with Gasteiger partial charge in [0.15, 0.2) is 11.3 Å². The van der Waals surface area contributed by atoms with E-state index < -0.39 is 0 Å². The fraction of sp³-hybridized carbons (Fsp3) is 0.690. The molecule has 1 heterocycles. The van der Waals surface area contributed by atoms with Crippen LogP contribution < -0.4 is 9.47 Å². The summed E-state index contributed by atoms with van der Waals surface area (Å²) in [6, 6.07) is 12.7. The highest BCUT2D eigenvalue weighted by Crippen LogP contribution is 2.45. The van der Waals surface area contributed by atoms with E-state index in [0.717, 1.165) is 89.4 Å². The van der Waals surface area contributed by atoms with Crippen molar-refractivity contribution in [3.63, 3.8) is 0 Å². The Labute approximate surface area is 278 Å². The molecule has 0 radical (unpaired) electrons. The minimum absolute atomic E-state index is 0.244. The summed E-state index contributed by atoms with van der Waals surface area (Å²) in [6.45, 7) is 6.85. The molecule has 0 aliphatic heterocycles. The SMILES string of the molecule is CCC1CCC([C@H]2CC[C@H](Oc3ccc(O[C@H]4CC[C@H](C5CCC(CC)CC5)CC4)c4oc(-c5ccc(C)cc5)nc34)CC2)CC1. The number of fused-ring (bicyclic) bond motifs is 1. The van der Waals surface area contributed by atoms with E-state index in [4.69, 9.17) is 18.9 Å². The molecule has 4 heteroatoms. The summed E-state index contributed by atoms with van der Waals surface area (Å²) in [7, 11) is 0. The van der Waals surface area contributed by atoms with Crippen LogP contribution in [0.25, 0.3) is 22.6 Å². The summed E-state index contributed by atoms with van der Waals surface area (Å²) in [5.41, 5.74) is 3.79. The summed E-state index contributed by atoms with van der Waals surface area (Å²) in [5.74, 6) is 7.91. The molecule has 0 saturated heterocycles. The summed E-state index contributed by atoms with van der Waals surface area (Å²) in [5, 5.41) is 0. The smallest absolute Gasteiger partial charge is 0.227 e. The van der Waals surface area contributed by atoms with Crippen molar-refractivity contribution in [1.82, 2.24) is 4.98 Å². The standard InChI is InChI=1S/C42H59NO3/c1-4-29-8-14-31(15-9-29)33-18-22-36(23-19-33)44-38-26-27-39(41-40(38)43-42(46-41)35-12-6-28(3)7-13-35)45-37-24-20-34(21-25-37)32-16-10-30(5-2)11-17-32/h6-7,12-13,26-27,29-34,36-37H,4-5,8-11,14-25H2,1-3H3/t29?,30?,31?,32?,33-,34-,36-,37-. The lowest BCUT2D eigenvalue weighted by Crippen LogP contribution is -2.30. The van der Waals surface area contributed by atoms with Crippen LogP contribution in [0.2, 0.25) is 0 Å². The number of nitrogens with zero attached hydrogens (tertiary/aromatic N) is 1. The molecule has 0 unspecified atom stereocenters. The zero-order valence-corrected chi connectivity index (χ0v) is 29.0. The Bertz CT molecular complexity index is 1300. The van der Waals surface area contributed by atoms with Crippen molar-refractivity contribution in [2.75, 3.05) is 0 Å². The van der Waals surface area contributed by atoms with E-state index in [9.17, 15) is 0 Å². The van der Waals surface area contributed by atoms with E-state index in [-0.39, 0.29) is 12.2 Å². The van der Waals surface area contributed by atoms with Gasteiger partial charge in [0, 0.05) is 5.56 Å². The van der Waals surface area contributed by atoms with E-state index in [0.29, 0.717) is 5.89 Å². The van der Waals surface area contributed by atoms with Gasteiger partial charge in [-0.2, -0.15) is 0 Å². The van der Waals surface area contributed by atoms with E-state index >= 15 is 0 Å². The van der Waals surface area contributed by atoms with Gasteiger partial charge in [-0.25, -0.2) is 4.98 Å². The first-order valence-electron chi connectivity index (χ1n) is 19.4. The van der Waals surface area contributed by atoms with Crippen LogP contribution in [0.4, 0.5) is 0 Å². The molecule has 4 aliphatic rings. The Hall–Kier alpha value is -2.49. The molecular formula is C42H59NO3. The maximum atomic E-state index is 6.77. The van der Waals surface area contributed by atoms with Gasteiger partial charge in [0.2, 0.25) is 11.5 Å². The predicted octanol–water partition coefficient (Wildman–Crippen LogP) is 12.1. The van der Waals surface area contributed by atoms with Gasteiger partial charge >= 0.3 is 0 Å². The fourth-order valence-corrected chi connectivity index (χ4v) is 9.82. The Balaban J connectivity index is 1.03. The third kappa shape index (κ3) is 7.31. The van der Waals surface area contributed by atoms with Gasteiger partial charge < -0.3 is 13.9 Å². The van der Waals surface area contributed by atoms with Gasteiger partial charge in [-0.05, 0) is 144 Å². The molecule has 3 aromatic rings. The summed E-state index contributed by atoms with van der Waals surface area (Å²) >= 11 is 0. The zero-order valence-electron chi connectivity index (χ0n) is 29.0. The van der Waals surface area contributed by atoms with Crippen LogP contribution in [0.5, 0.6) is 11.5 Å². The summed E-state index contributed by atoms with van der Waals surface area (Å²) < 4.78 is 20.1. The lowest BCUT2D eigenvalue weighted by atomic mass is 9.70. The molecule has 2 aromatic carbocycles. The Kier molecular flexibility index (Phi) is 10.3. The maximum absolute atomic E-state index is 6.77. The van der Waals surface area contributed by atoms with Crippen LogP contribution >= 0.6 is 0 Å². The van der Waals surface area contributed by atoms with E-state index in [1.54, 1.807) is 0 Å². The molecule has 4 nitrogen and oxygen atoms in total. The van der Waals surface area contributed by atoms with Crippen LogP contribution in [-0.2, 0) is 0 Å². The van der Waals surface area contributed by atoms with Crippen molar-refractivity contribution in [1.29, 1.82) is 0 Å². The van der Waals surface area contributed by atoms with Gasteiger partial charge in [-0.1, -0.05) is 70.1 Å². The lowest BCUT2D eigenvalue weighted by molar-refractivity contribution is 0.0905. The van der Waals surface area contributed by atoms with Crippen LogP contribution in [0.15, 0.2) is 40.8 Å². The molecule has 46 heavy (non-hydrogen) atoms. The third-order valence-corrected chi connectivity index (χ3v) is 13.1. The van der Waals surface area contributed by atoms with Crippen LogP contribution in [0.3, 0.4) is 0 Å². The quantitative estimate of drug-likeness (QED) is 0.237. The minimum atomic E-state index is 0.244. The van der Waals surface area contributed by atoms with Crippen molar-refractivity contribution < 1.29 is 13.9 Å². The molecule has 250 valence electrons. The number of aryl methyl sites for hydroxylation is 1. The number of hydrogen-bond acceptors (Lipinski definition) is 4. The zero-order chi connectivity index (χ0) is 31.5. The first kappa shape index (κ1) is 32.1. The normalized spacial score (nSPS) is 32.3. The Morgan fingerprint density at radius 1 is 0.565 bits per heavy atom. The molecule has 0 amide bonds. The minimum Gasteiger partial charge on any atom is -0.488 e. The number of rotatable bonds is 9. The van der Waals surface area contributed by atoms with Crippen molar-refractivity contribution in [2.24, 2.45) is 35.5 Å². The van der Waals surface area contributed by atoms with Crippen molar-refractivity contribution in [2.45, 2.75) is 149 Å². The van der Waals surface area contributed by atoms with E-state index in [1.165, 1.54) is 95.5 Å². The van der Waals surface area contributed by atoms with Crippen LogP contribution in [0, 0.1) is 42.4 Å². The number of benzene rings is 2. The molecule has 7 rings (SSSR count). The molecular weight excluding hydrogens is 566 g/mol. The van der Waals surface area contributed by atoms with E-state index in [1.807, 2.05) is 0 Å². The summed E-state index contributed by atoms with van der Waals surface area (Å²) in [6.07, 6.45) is 24.5. The first-order valence-corrected chi connectivity index (χ1v) is 19.4. The number of aromatic nitrogens is 1. The van der Waals surface area contributed by atoms with Crippen LogP contribution in [0.1, 0.15) is 135 Å². The third-order valence-electron chi connectivity index (χ3n) is 13.1. The monoisotopic (exact) mass is 625 g/mol. The van der Waals surface area contributed by atoms with Gasteiger partial charge in [0.25, 0.3) is 0 Å². The van der Waals surface area contributed by atoms with Crippen molar-refractivity contribution in [3.8, 4) is 23.0 Å². The highest BCUT2D eigenvalue weighted by molar-refractivity contribution is 5.87. The molecule has 4 saturated carbocycles. The average molecular weight is 626 g/mol. The summed E-state index contributed by atoms with van der Waals surface area (Å²) in [4.78, 5) is 5.05. The Morgan fingerprint density at radius 3 is 1.48 bits per heavy atom. The van der Waals surface area contributed by atoms with Gasteiger partial charge in [-0.15, -0.1) is 0 Å². The number of ether oxygens (including phenoxy) is 2. The second-order valence-electron chi connectivity index (χ2n) is 15.8. The molecule has 0 atom stereocenters. The highest BCUT2D eigenvalue weighted by Gasteiger charge is 2.33. The average Bonchev–Trinajstić information content (AvgIpc) is 3.57. The molecule has 0 N–H and O–H groups in total. The highest BCUT2D eigenvalue weighted by atomic mass is 16.5. The molecule has 4 aliphatic carbocycles. The second-order valence-corrected chi connectivity index (χ2v) is 15.8. The van der Waals surface area contributed by atoms with Gasteiger partial charge in [0.1, 0.15) is 5.75 Å². The number of hydrogen-bond donors (Lipinski definition) is 0.